The first-order valence-electron chi connectivity index (χ1n) is 6.70. The molecule has 1 rings (SSSR count). The zero-order valence-corrected chi connectivity index (χ0v) is 11.9. The Hall–Kier alpha value is -1.31. The van der Waals surface area contributed by atoms with E-state index in [1.54, 1.807) is 0 Å². The summed E-state index contributed by atoms with van der Waals surface area (Å²) >= 11 is 0. The monoisotopic (exact) mass is 248 g/mol. The standard InChI is InChI=1S/C16H24O2/c1-12(2)8-14-6-5-7-16(10-14)18-11-15(17)9-13(3)4/h5-7,10,12-13H,8-9,11H2,1-4H3. The Labute approximate surface area is 110 Å². The van der Waals surface area contributed by atoms with Crippen LogP contribution in [0, 0.1) is 11.8 Å². The van der Waals surface area contributed by atoms with E-state index in [0.717, 1.165) is 12.2 Å². The third-order valence-electron chi connectivity index (χ3n) is 2.58. The maximum Gasteiger partial charge on any atom is 0.170 e. The van der Waals surface area contributed by atoms with Crippen molar-refractivity contribution in [2.45, 2.75) is 40.5 Å². The van der Waals surface area contributed by atoms with Crippen LogP contribution in [0.1, 0.15) is 39.7 Å². The fourth-order valence-corrected chi connectivity index (χ4v) is 1.91. The van der Waals surface area contributed by atoms with Crippen LogP contribution in [0.3, 0.4) is 0 Å². The van der Waals surface area contributed by atoms with E-state index in [1.165, 1.54) is 5.56 Å². The molecule has 0 spiro atoms. The Morgan fingerprint density at radius 2 is 1.89 bits per heavy atom. The number of hydrogen-bond donors (Lipinski definition) is 0. The highest BCUT2D eigenvalue weighted by molar-refractivity contribution is 5.80. The number of benzene rings is 1. The topological polar surface area (TPSA) is 26.3 Å². The second-order valence-electron chi connectivity index (χ2n) is 5.67. The van der Waals surface area contributed by atoms with Crippen molar-refractivity contribution < 1.29 is 9.53 Å². The van der Waals surface area contributed by atoms with E-state index in [2.05, 4.69) is 19.9 Å². The van der Waals surface area contributed by atoms with Crippen LogP contribution in [-0.2, 0) is 11.2 Å². The molecule has 1 aromatic rings. The molecule has 0 saturated heterocycles. The lowest BCUT2D eigenvalue weighted by atomic mass is 10.0. The van der Waals surface area contributed by atoms with Crippen LogP contribution in [0.5, 0.6) is 5.75 Å². The molecule has 100 valence electrons. The second kappa shape index (κ2) is 7.20. The van der Waals surface area contributed by atoms with Crippen molar-refractivity contribution in [2.75, 3.05) is 6.61 Å². The first-order valence-corrected chi connectivity index (χ1v) is 6.70. The van der Waals surface area contributed by atoms with Gasteiger partial charge in [0.05, 0.1) is 0 Å². The molecule has 2 nitrogen and oxygen atoms in total. The third kappa shape index (κ3) is 5.85. The van der Waals surface area contributed by atoms with Crippen molar-refractivity contribution in [1.82, 2.24) is 0 Å². The first kappa shape index (κ1) is 14.7. The molecule has 18 heavy (non-hydrogen) atoms. The molecular weight excluding hydrogens is 224 g/mol. The van der Waals surface area contributed by atoms with E-state index in [-0.39, 0.29) is 12.4 Å². The van der Waals surface area contributed by atoms with E-state index in [1.807, 2.05) is 32.0 Å². The lowest BCUT2D eigenvalue weighted by molar-refractivity contribution is -0.121. The summed E-state index contributed by atoms with van der Waals surface area (Å²) in [6, 6.07) is 8.03. The Balaban J connectivity index is 2.49. The molecule has 0 fully saturated rings. The van der Waals surface area contributed by atoms with Crippen LogP contribution in [0.15, 0.2) is 24.3 Å². The molecule has 0 aliphatic carbocycles. The fourth-order valence-electron chi connectivity index (χ4n) is 1.91. The number of hydrogen-bond acceptors (Lipinski definition) is 2. The number of ketones is 1. The summed E-state index contributed by atoms with van der Waals surface area (Å²) in [6.45, 7) is 8.66. The van der Waals surface area contributed by atoms with Crippen LogP contribution in [0.4, 0.5) is 0 Å². The van der Waals surface area contributed by atoms with Gasteiger partial charge in [-0.15, -0.1) is 0 Å². The minimum Gasteiger partial charge on any atom is -0.486 e. The summed E-state index contributed by atoms with van der Waals surface area (Å²) in [5, 5.41) is 0. The van der Waals surface area contributed by atoms with Gasteiger partial charge in [0.25, 0.3) is 0 Å². The van der Waals surface area contributed by atoms with Crippen molar-refractivity contribution in [3.63, 3.8) is 0 Å². The molecule has 0 atom stereocenters. The Kier molecular flexibility index (Phi) is 5.90. The van der Waals surface area contributed by atoms with Gasteiger partial charge < -0.3 is 4.74 Å². The molecule has 0 heterocycles. The molecular formula is C16H24O2. The van der Waals surface area contributed by atoms with Crippen molar-refractivity contribution in [3.05, 3.63) is 29.8 Å². The fraction of sp³-hybridized carbons (Fsp3) is 0.562. The highest BCUT2D eigenvalue weighted by atomic mass is 16.5. The highest BCUT2D eigenvalue weighted by Crippen LogP contribution is 2.16. The number of carbonyl (C=O) groups is 1. The quantitative estimate of drug-likeness (QED) is 0.732. The summed E-state index contributed by atoms with van der Waals surface area (Å²) in [5.41, 5.74) is 1.26. The predicted octanol–water partition coefficient (Wildman–Crippen LogP) is 3.88. The SMILES string of the molecule is CC(C)CC(=O)COc1cccc(CC(C)C)c1. The minimum absolute atomic E-state index is 0.166. The predicted molar refractivity (Wildman–Crippen MR) is 74.9 cm³/mol. The molecule has 0 amide bonds. The second-order valence-corrected chi connectivity index (χ2v) is 5.67. The zero-order valence-electron chi connectivity index (χ0n) is 11.9. The van der Waals surface area contributed by atoms with Gasteiger partial charge in [0.2, 0.25) is 0 Å². The Morgan fingerprint density at radius 1 is 1.17 bits per heavy atom. The zero-order chi connectivity index (χ0) is 13.5. The Bertz CT molecular complexity index is 380. The van der Waals surface area contributed by atoms with Crippen LogP contribution in [0.2, 0.25) is 0 Å². The molecule has 0 N–H and O–H groups in total. The minimum atomic E-state index is 0.166. The highest BCUT2D eigenvalue weighted by Gasteiger charge is 2.06. The molecule has 0 aromatic heterocycles. The molecule has 0 unspecified atom stereocenters. The summed E-state index contributed by atoms with van der Waals surface area (Å²) < 4.78 is 5.54. The van der Waals surface area contributed by atoms with E-state index < -0.39 is 0 Å². The summed E-state index contributed by atoms with van der Waals surface area (Å²) in [6.07, 6.45) is 1.63. The molecule has 0 aliphatic rings. The number of carbonyl (C=O) groups excluding carboxylic acids is 1. The average molecular weight is 248 g/mol. The maximum absolute atomic E-state index is 11.6. The van der Waals surface area contributed by atoms with E-state index >= 15 is 0 Å². The largest absolute Gasteiger partial charge is 0.486 e. The van der Waals surface area contributed by atoms with Gasteiger partial charge in [-0.3, -0.25) is 4.79 Å². The lowest BCUT2D eigenvalue weighted by Crippen LogP contribution is -2.13. The summed E-state index contributed by atoms with van der Waals surface area (Å²) in [7, 11) is 0. The van der Waals surface area contributed by atoms with E-state index in [0.29, 0.717) is 18.3 Å². The van der Waals surface area contributed by atoms with Gasteiger partial charge in [0.15, 0.2) is 5.78 Å². The van der Waals surface area contributed by atoms with E-state index in [4.69, 9.17) is 4.74 Å². The van der Waals surface area contributed by atoms with Crippen LogP contribution >= 0.6 is 0 Å². The molecule has 0 aliphatic heterocycles. The number of Topliss-reactive ketones (excluding diaryl/α,β-unsaturated/α-hetero) is 1. The van der Waals surface area contributed by atoms with Crippen LogP contribution in [-0.4, -0.2) is 12.4 Å². The average Bonchev–Trinajstić information content (AvgIpc) is 2.25. The van der Waals surface area contributed by atoms with Crippen molar-refractivity contribution >= 4 is 5.78 Å². The van der Waals surface area contributed by atoms with Gasteiger partial charge in [-0.1, -0.05) is 39.8 Å². The van der Waals surface area contributed by atoms with Crippen LogP contribution in [0.25, 0.3) is 0 Å². The van der Waals surface area contributed by atoms with Crippen molar-refractivity contribution in [2.24, 2.45) is 11.8 Å². The molecule has 2 heteroatoms. The van der Waals surface area contributed by atoms with Gasteiger partial charge in [-0.25, -0.2) is 0 Å². The van der Waals surface area contributed by atoms with Crippen molar-refractivity contribution in [3.8, 4) is 5.75 Å². The normalized spacial score (nSPS) is 11.0. The molecule has 0 radical (unpaired) electrons. The van der Waals surface area contributed by atoms with Gasteiger partial charge in [-0.2, -0.15) is 0 Å². The molecule has 1 aromatic carbocycles. The van der Waals surface area contributed by atoms with Gasteiger partial charge in [0.1, 0.15) is 12.4 Å². The summed E-state index contributed by atoms with van der Waals surface area (Å²) in [4.78, 5) is 11.6. The van der Waals surface area contributed by atoms with Gasteiger partial charge in [0, 0.05) is 6.42 Å². The van der Waals surface area contributed by atoms with Gasteiger partial charge in [-0.05, 0) is 36.0 Å². The smallest absolute Gasteiger partial charge is 0.170 e. The van der Waals surface area contributed by atoms with E-state index in [9.17, 15) is 4.79 Å². The third-order valence-corrected chi connectivity index (χ3v) is 2.58. The van der Waals surface area contributed by atoms with Crippen LogP contribution < -0.4 is 4.74 Å². The first-order chi connectivity index (χ1) is 8.47. The van der Waals surface area contributed by atoms with Crippen molar-refractivity contribution in [1.29, 1.82) is 0 Å². The maximum atomic E-state index is 11.6. The number of ether oxygens (including phenoxy) is 1. The number of rotatable bonds is 7. The molecule has 0 saturated carbocycles. The van der Waals surface area contributed by atoms with Gasteiger partial charge >= 0.3 is 0 Å². The summed E-state index contributed by atoms with van der Waals surface area (Å²) in [5.74, 6) is 1.99. The lowest BCUT2D eigenvalue weighted by Gasteiger charge is -2.09. The molecule has 0 bridgehead atoms. The Morgan fingerprint density at radius 3 is 2.50 bits per heavy atom.